The standard InChI is InChI=1S/C26H34ClFN2O4.2C2HF3O2/c1-17-14-29-18(2)12-26(17,13-19-4-7-21(27)8-5-19)30-15-25(3,33)16-34-23-11-22(28)9-6-20(23)10-24(31)32;2*3-2(4,5)1(6)7/h4-9,11,17-18,29-30,33H,10,12-16H2,1-3H3,(H,31,32);2*(H,6,7)/t17-,18+,25?,26-;;/m1../s1. The summed E-state index contributed by atoms with van der Waals surface area (Å²) in [4.78, 5) is 28.9. The minimum Gasteiger partial charge on any atom is -0.490 e. The fourth-order valence-electron chi connectivity index (χ4n) is 4.54. The van der Waals surface area contributed by atoms with Crippen molar-refractivity contribution < 1.29 is 70.3 Å². The number of aliphatic carboxylic acids is 3. The lowest BCUT2D eigenvalue weighted by atomic mass is 9.72. The molecular formula is C30H36ClF7N2O8. The van der Waals surface area contributed by atoms with Crippen molar-refractivity contribution in [3.8, 4) is 5.75 Å². The zero-order valence-corrected chi connectivity index (χ0v) is 26.6. The van der Waals surface area contributed by atoms with Gasteiger partial charge in [-0.2, -0.15) is 26.3 Å². The smallest absolute Gasteiger partial charge is 0.490 e. The third kappa shape index (κ3) is 15.0. The van der Waals surface area contributed by atoms with Crippen LogP contribution < -0.4 is 15.4 Å². The largest absolute Gasteiger partial charge is 0.490 e. The number of halogens is 8. The maximum absolute atomic E-state index is 13.7. The molecule has 1 unspecified atom stereocenters. The van der Waals surface area contributed by atoms with Crippen LogP contribution in [0.25, 0.3) is 0 Å². The van der Waals surface area contributed by atoms with Crippen LogP contribution in [-0.4, -0.2) is 87.6 Å². The Morgan fingerprint density at radius 2 is 1.50 bits per heavy atom. The summed E-state index contributed by atoms with van der Waals surface area (Å²) in [6.45, 7) is 6.98. The van der Waals surface area contributed by atoms with Crippen molar-refractivity contribution >= 4 is 29.5 Å². The first-order valence-corrected chi connectivity index (χ1v) is 14.4. The van der Waals surface area contributed by atoms with E-state index in [9.17, 15) is 40.6 Å². The number of hydrogen-bond donors (Lipinski definition) is 6. The van der Waals surface area contributed by atoms with Crippen LogP contribution in [0.4, 0.5) is 30.7 Å². The van der Waals surface area contributed by atoms with Crippen LogP contribution in [0.3, 0.4) is 0 Å². The van der Waals surface area contributed by atoms with Crippen molar-refractivity contribution in [2.24, 2.45) is 5.92 Å². The average Bonchev–Trinajstić information content (AvgIpc) is 2.95. The van der Waals surface area contributed by atoms with Crippen LogP contribution in [-0.2, 0) is 27.2 Å². The Hall–Kier alpha value is -3.67. The maximum atomic E-state index is 13.7. The second kappa shape index (κ2) is 17.6. The average molecular weight is 721 g/mol. The van der Waals surface area contributed by atoms with Crippen molar-refractivity contribution in [3.63, 3.8) is 0 Å². The summed E-state index contributed by atoms with van der Waals surface area (Å²) < 4.78 is 82.9. The molecule has 2 aromatic rings. The Labute approximate surface area is 275 Å². The monoisotopic (exact) mass is 720 g/mol. The molecule has 6 N–H and O–H groups in total. The van der Waals surface area contributed by atoms with Gasteiger partial charge in [0.25, 0.3) is 0 Å². The van der Waals surface area contributed by atoms with Gasteiger partial charge in [0.2, 0.25) is 0 Å². The minimum absolute atomic E-state index is 0.116. The zero-order valence-electron chi connectivity index (χ0n) is 25.9. The van der Waals surface area contributed by atoms with Gasteiger partial charge in [-0.05, 0) is 62.9 Å². The van der Waals surface area contributed by atoms with Gasteiger partial charge in [-0.15, -0.1) is 0 Å². The fraction of sp³-hybridized carbons (Fsp3) is 0.500. The van der Waals surface area contributed by atoms with E-state index in [4.69, 9.17) is 41.2 Å². The van der Waals surface area contributed by atoms with Gasteiger partial charge < -0.3 is 35.8 Å². The van der Waals surface area contributed by atoms with E-state index in [2.05, 4.69) is 24.5 Å². The SMILES string of the molecule is C[C@@H]1CN[C@@H](C)C[C@]1(Cc1ccc(Cl)cc1)NCC(C)(O)COc1cc(F)ccc1CC(=O)O.O=C(O)C(F)(F)F.O=C(O)C(F)(F)F. The summed E-state index contributed by atoms with van der Waals surface area (Å²) >= 11 is 6.07. The fourth-order valence-corrected chi connectivity index (χ4v) is 4.66. The predicted octanol–water partition coefficient (Wildman–Crippen LogP) is 5.09. The quantitative estimate of drug-likeness (QED) is 0.182. The molecule has 1 aliphatic heterocycles. The summed E-state index contributed by atoms with van der Waals surface area (Å²) in [5.41, 5.74) is -0.00631. The van der Waals surface area contributed by atoms with Gasteiger partial charge in [0.1, 0.15) is 23.8 Å². The first-order chi connectivity index (χ1) is 21.9. The van der Waals surface area contributed by atoms with Crippen LogP contribution in [0, 0.1) is 11.7 Å². The number of rotatable bonds is 10. The summed E-state index contributed by atoms with van der Waals surface area (Å²) in [5.74, 6) is -6.66. The Bertz CT molecular complexity index is 1350. The van der Waals surface area contributed by atoms with Gasteiger partial charge in [-0.1, -0.05) is 36.7 Å². The lowest BCUT2D eigenvalue weighted by Gasteiger charge is -2.48. The number of benzene rings is 2. The van der Waals surface area contributed by atoms with Gasteiger partial charge in [-0.3, -0.25) is 4.79 Å². The van der Waals surface area contributed by atoms with E-state index in [1.165, 1.54) is 12.1 Å². The van der Waals surface area contributed by atoms with E-state index in [0.717, 1.165) is 31.0 Å². The number of carboxylic acids is 3. The van der Waals surface area contributed by atoms with Gasteiger partial charge in [0, 0.05) is 34.8 Å². The normalized spacial score (nSPS) is 20.6. The Kier molecular flexibility index (Phi) is 15.6. The molecule has 0 bridgehead atoms. The van der Waals surface area contributed by atoms with Gasteiger partial charge in [0.15, 0.2) is 0 Å². The highest BCUT2D eigenvalue weighted by Crippen LogP contribution is 2.32. The highest BCUT2D eigenvalue weighted by molar-refractivity contribution is 6.30. The van der Waals surface area contributed by atoms with Crippen molar-refractivity contribution in [2.45, 2.75) is 69.6 Å². The number of piperidine rings is 1. The molecule has 0 spiro atoms. The second-order valence-electron chi connectivity index (χ2n) is 11.4. The molecule has 3 rings (SSSR count). The molecule has 1 saturated heterocycles. The molecule has 0 aromatic heterocycles. The van der Waals surface area contributed by atoms with Crippen LogP contribution in [0.1, 0.15) is 38.3 Å². The van der Waals surface area contributed by atoms with E-state index in [-0.39, 0.29) is 30.9 Å². The second-order valence-corrected chi connectivity index (χ2v) is 11.9. The third-order valence-electron chi connectivity index (χ3n) is 7.03. The molecule has 4 atom stereocenters. The molecule has 0 amide bonds. The molecule has 18 heteroatoms. The summed E-state index contributed by atoms with van der Waals surface area (Å²) in [6, 6.07) is 11.9. The van der Waals surface area contributed by atoms with E-state index in [1.807, 2.05) is 24.3 Å². The van der Waals surface area contributed by atoms with Crippen molar-refractivity contribution in [3.05, 3.63) is 64.4 Å². The van der Waals surface area contributed by atoms with E-state index in [1.54, 1.807) is 6.92 Å². The number of hydrogen-bond acceptors (Lipinski definition) is 7. The van der Waals surface area contributed by atoms with E-state index >= 15 is 0 Å². The zero-order chi connectivity index (χ0) is 37.1. The number of ether oxygens (including phenoxy) is 1. The predicted molar refractivity (Wildman–Crippen MR) is 158 cm³/mol. The van der Waals surface area contributed by atoms with Crippen molar-refractivity contribution in [1.82, 2.24) is 10.6 Å². The van der Waals surface area contributed by atoms with Crippen LogP contribution in [0.15, 0.2) is 42.5 Å². The maximum Gasteiger partial charge on any atom is 0.490 e. The van der Waals surface area contributed by atoms with Gasteiger partial charge in [-0.25, -0.2) is 14.0 Å². The molecule has 1 aliphatic rings. The van der Waals surface area contributed by atoms with Gasteiger partial charge >= 0.3 is 30.3 Å². The lowest BCUT2D eigenvalue weighted by molar-refractivity contribution is -0.193. The summed E-state index contributed by atoms with van der Waals surface area (Å²) in [6.07, 6.45) is -8.80. The Morgan fingerprint density at radius 1 is 0.979 bits per heavy atom. The van der Waals surface area contributed by atoms with Crippen LogP contribution in [0.2, 0.25) is 5.02 Å². The molecule has 2 aromatic carbocycles. The highest BCUT2D eigenvalue weighted by atomic mass is 35.5. The lowest BCUT2D eigenvalue weighted by Crippen LogP contribution is -2.64. The minimum atomic E-state index is -5.08. The molecular weight excluding hydrogens is 685 g/mol. The van der Waals surface area contributed by atoms with E-state index < -0.39 is 41.7 Å². The van der Waals surface area contributed by atoms with E-state index in [0.29, 0.717) is 22.5 Å². The van der Waals surface area contributed by atoms with Gasteiger partial charge in [0.05, 0.1) is 6.42 Å². The van der Waals surface area contributed by atoms with Crippen LogP contribution >= 0.6 is 11.6 Å². The summed E-state index contributed by atoms with van der Waals surface area (Å²) in [5, 5.41) is 42.3. The van der Waals surface area contributed by atoms with Crippen LogP contribution in [0.5, 0.6) is 5.75 Å². The Morgan fingerprint density at radius 3 is 1.98 bits per heavy atom. The number of carbonyl (C=O) groups is 3. The molecule has 1 fully saturated rings. The molecule has 270 valence electrons. The molecule has 48 heavy (non-hydrogen) atoms. The molecule has 0 radical (unpaired) electrons. The molecule has 1 heterocycles. The number of β-amino-alcohol motifs (C(OH)–C–C–N with tert-alkyl or cyclic N) is 1. The summed E-state index contributed by atoms with van der Waals surface area (Å²) in [7, 11) is 0. The number of nitrogens with one attached hydrogen (secondary N) is 2. The number of aliphatic hydroxyl groups is 1. The Balaban J connectivity index is 0.000000687. The topological polar surface area (TPSA) is 165 Å². The molecule has 0 saturated carbocycles. The molecule has 0 aliphatic carbocycles. The number of alkyl halides is 6. The first kappa shape index (κ1) is 42.4. The number of carboxylic acid groups (broad SMARTS) is 3. The first-order valence-electron chi connectivity index (χ1n) is 14.1. The molecule has 10 nitrogen and oxygen atoms in total. The van der Waals surface area contributed by atoms with Crippen molar-refractivity contribution in [1.29, 1.82) is 0 Å². The highest BCUT2D eigenvalue weighted by Gasteiger charge is 2.42. The third-order valence-corrected chi connectivity index (χ3v) is 7.29. The van der Waals surface area contributed by atoms with Crippen molar-refractivity contribution in [2.75, 3.05) is 19.7 Å².